The Balaban J connectivity index is 1.95. The topological polar surface area (TPSA) is 69.6 Å². The first-order valence-corrected chi connectivity index (χ1v) is 8.71. The number of aliphatic hydroxyl groups is 2. The predicted molar refractivity (Wildman–Crippen MR) is 90.8 cm³/mol. The number of amides is 1. The van der Waals surface area contributed by atoms with Crippen LogP contribution >= 0.6 is 0 Å². The number of rotatable bonds is 7. The highest BCUT2D eigenvalue weighted by Gasteiger charge is 2.29. The number of hydrogen-bond acceptors (Lipinski definition) is 3. The van der Waals surface area contributed by atoms with E-state index in [1.807, 2.05) is 30.3 Å². The summed E-state index contributed by atoms with van der Waals surface area (Å²) in [6.07, 6.45) is 6.50. The normalized spacial score (nSPS) is 19.8. The van der Waals surface area contributed by atoms with E-state index in [0.717, 1.165) is 18.4 Å². The lowest BCUT2D eigenvalue weighted by atomic mass is 9.82. The van der Waals surface area contributed by atoms with Gasteiger partial charge in [0.25, 0.3) is 0 Å². The molecule has 1 aromatic carbocycles. The Morgan fingerprint density at radius 3 is 2.52 bits per heavy atom. The standard InChI is InChI=1S/C19H29NO3/c1-19(23,16-10-6-3-7-11-16)14-18(22)20-17(12-13-21)15-8-4-2-5-9-15/h3,6-7,10-11,15,17,21,23H,2,4-5,8-9,12-14H2,1H3,(H,20,22). The van der Waals surface area contributed by atoms with Crippen molar-refractivity contribution >= 4 is 5.91 Å². The molecule has 4 heteroatoms. The van der Waals surface area contributed by atoms with E-state index in [1.165, 1.54) is 19.3 Å². The number of carbonyl (C=O) groups excluding carboxylic acids is 1. The Hall–Kier alpha value is -1.39. The van der Waals surface area contributed by atoms with E-state index in [0.29, 0.717) is 12.3 Å². The summed E-state index contributed by atoms with van der Waals surface area (Å²) in [6, 6.07) is 9.29. The molecule has 1 aliphatic carbocycles. The summed E-state index contributed by atoms with van der Waals surface area (Å²) < 4.78 is 0. The van der Waals surface area contributed by atoms with Crippen molar-refractivity contribution in [2.75, 3.05) is 6.61 Å². The molecule has 0 aromatic heterocycles. The minimum Gasteiger partial charge on any atom is -0.396 e. The zero-order valence-electron chi connectivity index (χ0n) is 14.0. The van der Waals surface area contributed by atoms with E-state index in [2.05, 4.69) is 5.32 Å². The van der Waals surface area contributed by atoms with Crippen molar-refractivity contribution in [2.24, 2.45) is 5.92 Å². The van der Waals surface area contributed by atoms with Crippen molar-refractivity contribution in [3.05, 3.63) is 35.9 Å². The first-order valence-electron chi connectivity index (χ1n) is 8.71. The van der Waals surface area contributed by atoms with Gasteiger partial charge in [0, 0.05) is 12.6 Å². The van der Waals surface area contributed by atoms with E-state index >= 15 is 0 Å². The molecular weight excluding hydrogens is 290 g/mol. The first kappa shape index (κ1) is 18.0. The molecule has 2 atom stereocenters. The Kier molecular flexibility index (Phi) is 6.60. The van der Waals surface area contributed by atoms with Crippen molar-refractivity contribution in [3.63, 3.8) is 0 Å². The SMILES string of the molecule is CC(O)(CC(=O)NC(CCO)C1CCCCC1)c1ccccc1. The van der Waals surface area contributed by atoms with Gasteiger partial charge in [-0.1, -0.05) is 49.6 Å². The lowest BCUT2D eigenvalue weighted by molar-refractivity contribution is -0.127. The molecule has 4 nitrogen and oxygen atoms in total. The second-order valence-electron chi connectivity index (χ2n) is 6.90. The van der Waals surface area contributed by atoms with E-state index in [-0.39, 0.29) is 25.0 Å². The molecular formula is C19H29NO3. The van der Waals surface area contributed by atoms with Gasteiger partial charge in [0.1, 0.15) is 0 Å². The molecule has 0 aliphatic heterocycles. The Bertz CT molecular complexity index is 481. The second kappa shape index (κ2) is 8.46. The molecule has 0 radical (unpaired) electrons. The van der Waals surface area contributed by atoms with Crippen LogP contribution in [0.4, 0.5) is 0 Å². The van der Waals surface area contributed by atoms with E-state index in [9.17, 15) is 15.0 Å². The smallest absolute Gasteiger partial charge is 0.223 e. The summed E-state index contributed by atoms with van der Waals surface area (Å²) in [5.41, 5.74) is -0.437. The number of hydrogen-bond donors (Lipinski definition) is 3. The highest BCUT2D eigenvalue weighted by Crippen LogP contribution is 2.29. The number of nitrogens with one attached hydrogen (secondary N) is 1. The zero-order valence-corrected chi connectivity index (χ0v) is 14.0. The van der Waals surface area contributed by atoms with Gasteiger partial charge in [0.05, 0.1) is 12.0 Å². The monoisotopic (exact) mass is 319 g/mol. The van der Waals surface area contributed by atoms with Crippen LogP contribution in [0.15, 0.2) is 30.3 Å². The quantitative estimate of drug-likeness (QED) is 0.724. The molecule has 2 unspecified atom stereocenters. The van der Waals surface area contributed by atoms with Crippen LogP contribution in [0.1, 0.15) is 57.4 Å². The van der Waals surface area contributed by atoms with E-state index < -0.39 is 5.60 Å². The van der Waals surface area contributed by atoms with E-state index in [4.69, 9.17) is 0 Å². The Morgan fingerprint density at radius 1 is 1.26 bits per heavy atom. The molecule has 2 rings (SSSR count). The van der Waals surface area contributed by atoms with Crippen molar-refractivity contribution < 1.29 is 15.0 Å². The molecule has 1 saturated carbocycles. The maximum atomic E-state index is 12.4. The Labute approximate surface area is 138 Å². The number of carbonyl (C=O) groups is 1. The third-order valence-corrected chi connectivity index (χ3v) is 4.91. The van der Waals surface area contributed by atoms with Crippen molar-refractivity contribution in [2.45, 2.75) is 63.5 Å². The summed E-state index contributed by atoms with van der Waals surface area (Å²) in [6.45, 7) is 1.75. The third-order valence-electron chi connectivity index (χ3n) is 4.91. The Morgan fingerprint density at radius 2 is 1.91 bits per heavy atom. The van der Waals surface area contributed by atoms with Gasteiger partial charge < -0.3 is 15.5 Å². The van der Waals surface area contributed by atoms with Gasteiger partial charge in [-0.25, -0.2) is 0 Å². The first-order chi connectivity index (χ1) is 11.0. The van der Waals surface area contributed by atoms with Crippen LogP contribution in [-0.4, -0.2) is 28.8 Å². The minimum atomic E-state index is -1.18. The van der Waals surface area contributed by atoms with Gasteiger partial charge in [-0.3, -0.25) is 4.79 Å². The van der Waals surface area contributed by atoms with Crippen molar-refractivity contribution in [1.82, 2.24) is 5.32 Å². The molecule has 23 heavy (non-hydrogen) atoms. The van der Waals surface area contributed by atoms with Crippen molar-refractivity contribution in [1.29, 1.82) is 0 Å². The summed E-state index contributed by atoms with van der Waals surface area (Å²) in [5.74, 6) is 0.296. The largest absolute Gasteiger partial charge is 0.396 e. The third kappa shape index (κ3) is 5.33. The highest BCUT2D eigenvalue weighted by atomic mass is 16.3. The van der Waals surface area contributed by atoms with Gasteiger partial charge in [0.2, 0.25) is 5.91 Å². The number of aliphatic hydroxyl groups excluding tert-OH is 1. The zero-order chi connectivity index (χ0) is 16.7. The lowest BCUT2D eigenvalue weighted by Gasteiger charge is -2.32. The average Bonchev–Trinajstić information content (AvgIpc) is 2.55. The fourth-order valence-electron chi connectivity index (χ4n) is 3.57. The fourth-order valence-corrected chi connectivity index (χ4v) is 3.57. The predicted octanol–water partition coefficient (Wildman–Crippen LogP) is 2.73. The van der Waals surface area contributed by atoms with Gasteiger partial charge in [0.15, 0.2) is 0 Å². The molecule has 1 aliphatic rings. The highest BCUT2D eigenvalue weighted by molar-refractivity contribution is 5.77. The van der Waals surface area contributed by atoms with Crippen LogP contribution in [0, 0.1) is 5.92 Å². The molecule has 1 fully saturated rings. The van der Waals surface area contributed by atoms with Crippen LogP contribution < -0.4 is 5.32 Å². The maximum Gasteiger partial charge on any atom is 0.223 e. The van der Waals surface area contributed by atoms with Crippen LogP contribution in [0.3, 0.4) is 0 Å². The van der Waals surface area contributed by atoms with Gasteiger partial charge in [-0.15, -0.1) is 0 Å². The molecule has 1 amide bonds. The van der Waals surface area contributed by atoms with Gasteiger partial charge in [-0.2, -0.15) is 0 Å². The molecule has 1 aromatic rings. The summed E-state index contributed by atoms with van der Waals surface area (Å²) in [5, 5.41) is 22.9. The molecule has 0 saturated heterocycles. The number of benzene rings is 1. The summed E-state index contributed by atoms with van der Waals surface area (Å²) in [7, 11) is 0. The second-order valence-corrected chi connectivity index (χ2v) is 6.90. The van der Waals surface area contributed by atoms with Crippen LogP contribution in [0.5, 0.6) is 0 Å². The van der Waals surface area contributed by atoms with Crippen LogP contribution in [0.2, 0.25) is 0 Å². The molecule has 3 N–H and O–H groups in total. The summed E-state index contributed by atoms with van der Waals surface area (Å²) >= 11 is 0. The fraction of sp³-hybridized carbons (Fsp3) is 0.632. The van der Waals surface area contributed by atoms with Gasteiger partial charge in [-0.05, 0) is 37.7 Å². The minimum absolute atomic E-state index is 0.0133. The van der Waals surface area contributed by atoms with Gasteiger partial charge >= 0.3 is 0 Å². The lowest BCUT2D eigenvalue weighted by Crippen LogP contribution is -2.44. The molecule has 0 spiro atoms. The van der Waals surface area contributed by atoms with Crippen LogP contribution in [0.25, 0.3) is 0 Å². The van der Waals surface area contributed by atoms with E-state index in [1.54, 1.807) is 6.92 Å². The molecule has 0 heterocycles. The van der Waals surface area contributed by atoms with Crippen molar-refractivity contribution in [3.8, 4) is 0 Å². The summed E-state index contributed by atoms with van der Waals surface area (Å²) in [4.78, 5) is 12.4. The molecule has 128 valence electrons. The molecule has 0 bridgehead atoms. The van der Waals surface area contributed by atoms with Crippen LogP contribution in [-0.2, 0) is 10.4 Å². The average molecular weight is 319 g/mol. The maximum absolute atomic E-state index is 12.4.